The molecule has 4 aromatic rings. The van der Waals surface area contributed by atoms with Gasteiger partial charge in [-0.2, -0.15) is 0 Å². The molecule has 0 fully saturated rings. The number of aromatic nitrogens is 2. The van der Waals surface area contributed by atoms with Crippen molar-refractivity contribution < 1.29 is 14.3 Å². The van der Waals surface area contributed by atoms with Gasteiger partial charge in [-0.25, -0.2) is 13.6 Å². The third-order valence-corrected chi connectivity index (χ3v) is 4.20. The zero-order chi connectivity index (χ0) is 17.6. The van der Waals surface area contributed by atoms with Gasteiger partial charge in [-0.1, -0.05) is 24.3 Å². The first-order valence-electron chi connectivity index (χ1n) is 7.59. The van der Waals surface area contributed by atoms with Gasteiger partial charge < -0.3 is 5.11 Å². The molecule has 0 saturated heterocycles. The Kier molecular flexibility index (Phi) is 3.39. The Morgan fingerprint density at radius 1 is 1.04 bits per heavy atom. The van der Waals surface area contributed by atoms with Crippen molar-refractivity contribution in [1.29, 1.82) is 0 Å². The Hall–Kier alpha value is -3.41. The van der Waals surface area contributed by atoms with Crippen LogP contribution in [0.1, 0.15) is 11.1 Å². The first-order chi connectivity index (χ1) is 12.1. The van der Waals surface area contributed by atoms with Gasteiger partial charge in [0.2, 0.25) is 6.29 Å². The highest BCUT2D eigenvalue weighted by atomic mass is 19.1. The van der Waals surface area contributed by atoms with E-state index in [1.54, 1.807) is 47.2 Å². The van der Waals surface area contributed by atoms with Gasteiger partial charge in [0, 0.05) is 5.39 Å². The molecule has 1 N–H and O–H groups in total. The van der Waals surface area contributed by atoms with Crippen molar-refractivity contribution in [2.24, 2.45) is 0 Å². The Balaban J connectivity index is 2.08. The Morgan fingerprint density at radius 3 is 2.48 bits per heavy atom. The van der Waals surface area contributed by atoms with Crippen LogP contribution in [0.3, 0.4) is 0 Å². The van der Waals surface area contributed by atoms with Crippen molar-refractivity contribution in [2.75, 3.05) is 0 Å². The molecule has 0 amide bonds. The number of rotatable bonds is 3. The predicted octanol–water partition coefficient (Wildman–Crippen LogP) is 2.61. The minimum Gasteiger partial charge on any atom is -0.505 e. The number of fused-ring (bicyclic) bond motifs is 3. The number of hydrogen-bond donors (Lipinski definition) is 1. The summed E-state index contributed by atoms with van der Waals surface area (Å²) in [4.78, 5) is 23.8. The molecule has 6 heteroatoms. The van der Waals surface area contributed by atoms with Crippen LogP contribution < -0.4 is 5.56 Å². The van der Waals surface area contributed by atoms with Crippen LogP contribution in [0.15, 0.2) is 59.4 Å². The van der Waals surface area contributed by atoms with E-state index in [1.807, 2.05) is 0 Å². The zero-order valence-corrected chi connectivity index (χ0v) is 12.9. The van der Waals surface area contributed by atoms with Crippen molar-refractivity contribution in [3.05, 3.63) is 81.9 Å². The van der Waals surface area contributed by atoms with Crippen LogP contribution in [0.4, 0.5) is 4.39 Å². The normalized spacial score (nSPS) is 11.2. The summed E-state index contributed by atoms with van der Waals surface area (Å²) in [6.07, 6.45) is 1.63. The maximum atomic E-state index is 13.1. The van der Waals surface area contributed by atoms with Crippen molar-refractivity contribution in [3.8, 4) is 5.75 Å². The molecular weight excluding hydrogens is 323 g/mol. The second-order valence-corrected chi connectivity index (χ2v) is 5.71. The number of nitrogens with zero attached hydrogens (tertiary/aromatic N) is 2. The molecular formula is C19H12FN2O3. The Labute approximate surface area is 141 Å². The molecule has 0 bridgehead atoms. The van der Waals surface area contributed by atoms with Gasteiger partial charge >= 0.3 is 0 Å². The highest BCUT2D eigenvalue weighted by molar-refractivity contribution is 5.96. The standard InChI is InChI=1S/C19H12FN2O3/c20-14-7-5-12(6-8-14)10-21-19(25)13(11-23)9-17-18(24)15-3-1-2-4-16(15)22(17)21/h1-9,24H,10H2. The summed E-state index contributed by atoms with van der Waals surface area (Å²) in [7, 11) is 0. The van der Waals surface area contributed by atoms with Crippen LogP contribution in [-0.4, -0.2) is 20.6 Å². The van der Waals surface area contributed by atoms with E-state index in [9.17, 15) is 19.1 Å². The molecule has 25 heavy (non-hydrogen) atoms. The van der Waals surface area contributed by atoms with E-state index in [0.29, 0.717) is 22.0 Å². The highest BCUT2D eigenvalue weighted by Gasteiger charge is 2.17. The predicted molar refractivity (Wildman–Crippen MR) is 91.1 cm³/mol. The van der Waals surface area contributed by atoms with Gasteiger partial charge in [-0.05, 0) is 35.9 Å². The summed E-state index contributed by atoms with van der Waals surface area (Å²) in [6, 6.07) is 14.1. The lowest BCUT2D eigenvalue weighted by atomic mass is 10.2. The lowest BCUT2D eigenvalue weighted by Crippen LogP contribution is -2.29. The summed E-state index contributed by atoms with van der Waals surface area (Å²) in [5.41, 5.74) is 0.943. The molecule has 0 unspecified atom stereocenters. The molecule has 0 saturated carbocycles. The fraction of sp³-hybridized carbons (Fsp3) is 0.0526. The summed E-state index contributed by atoms with van der Waals surface area (Å²) in [5.74, 6) is -0.389. The van der Waals surface area contributed by atoms with Crippen LogP contribution in [0.5, 0.6) is 5.75 Å². The minimum atomic E-state index is -0.535. The van der Waals surface area contributed by atoms with Crippen LogP contribution in [0, 0.1) is 5.82 Å². The van der Waals surface area contributed by atoms with Gasteiger partial charge in [-0.15, -0.1) is 0 Å². The molecule has 0 spiro atoms. The van der Waals surface area contributed by atoms with Crippen molar-refractivity contribution in [3.63, 3.8) is 0 Å². The summed E-state index contributed by atoms with van der Waals surface area (Å²) in [5, 5.41) is 11.0. The summed E-state index contributed by atoms with van der Waals surface area (Å²) in [6.45, 7) is 0.114. The van der Waals surface area contributed by atoms with Crippen molar-refractivity contribution in [2.45, 2.75) is 6.54 Å². The maximum absolute atomic E-state index is 13.1. The molecule has 2 heterocycles. The Bertz CT molecular complexity index is 1170. The molecule has 0 atom stereocenters. The number of aromatic hydroxyl groups is 1. The monoisotopic (exact) mass is 335 g/mol. The first kappa shape index (κ1) is 15.1. The molecule has 0 aliphatic heterocycles. The van der Waals surface area contributed by atoms with Crippen molar-refractivity contribution >= 4 is 22.7 Å². The first-order valence-corrected chi connectivity index (χ1v) is 7.59. The molecule has 0 aliphatic rings. The molecule has 1 radical (unpaired) electrons. The highest BCUT2D eigenvalue weighted by Crippen LogP contribution is 2.32. The maximum Gasteiger partial charge on any atom is 0.277 e. The van der Waals surface area contributed by atoms with Crippen LogP contribution in [-0.2, 0) is 11.3 Å². The van der Waals surface area contributed by atoms with Gasteiger partial charge in [0.25, 0.3) is 5.56 Å². The molecule has 4 rings (SSSR count). The van der Waals surface area contributed by atoms with Crippen LogP contribution in [0.2, 0.25) is 0 Å². The van der Waals surface area contributed by atoms with E-state index >= 15 is 0 Å². The van der Waals surface area contributed by atoms with Crippen LogP contribution in [0.25, 0.3) is 16.4 Å². The van der Waals surface area contributed by atoms with E-state index < -0.39 is 5.56 Å². The van der Waals surface area contributed by atoms with Gasteiger partial charge in [-0.3, -0.25) is 9.59 Å². The lowest BCUT2D eigenvalue weighted by Gasteiger charge is -2.12. The second kappa shape index (κ2) is 5.59. The minimum absolute atomic E-state index is 0.0139. The Morgan fingerprint density at radius 2 is 1.76 bits per heavy atom. The quantitative estimate of drug-likeness (QED) is 0.626. The number of halogens is 1. The number of hydrogen-bond acceptors (Lipinski definition) is 3. The second-order valence-electron chi connectivity index (χ2n) is 5.71. The van der Waals surface area contributed by atoms with E-state index in [2.05, 4.69) is 0 Å². The van der Waals surface area contributed by atoms with E-state index in [1.165, 1.54) is 22.9 Å². The lowest BCUT2D eigenvalue weighted by molar-refractivity contribution is 0.484. The molecule has 0 aliphatic carbocycles. The van der Waals surface area contributed by atoms with Gasteiger partial charge in [0.15, 0.2) is 5.75 Å². The SMILES string of the molecule is O=[C]c1cc2c(O)c3ccccc3n2n(Cc2ccc(F)cc2)c1=O. The van der Waals surface area contributed by atoms with E-state index in [4.69, 9.17) is 0 Å². The summed E-state index contributed by atoms with van der Waals surface area (Å²) >= 11 is 0. The number of carbonyl (C=O) groups excluding carboxylic acids is 1. The topological polar surface area (TPSA) is 63.7 Å². The van der Waals surface area contributed by atoms with Crippen LogP contribution >= 0.6 is 0 Å². The van der Waals surface area contributed by atoms with E-state index in [-0.39, 0.29) is 23.7 Å². The molecule has 2 aromatic heterocycles. The fourth-order valence-corrected chi connectivity index (χ4v) is 3.02. The third-order valence-electron chi connectivity index (χ3n) is 4.20. The molecule has 5 nitrogen and oxygen atoms in total. The largest absolute Gasteiger partial charge is 0.505 e. The van der Waals surface area contributed by atoms with Crippen molar-refractivity contribution in [1.82, 2.24) is 9.20 Å². The zero-order valence-electron chi connectivity index (χ0n) is 12.9. The summed E-state index contributed by atoms with van der Waals surface area (Å²) < 4.78 is 16.0. The molecule has 123 valence electrons. The average molecular weight is 335 g/mol. The third kappa shape index (κ3) is 2.30. The number of benzene rings is 2. The molecule has 2 aromatic carbocycles. The smallest absolute Gasteiger partial charge is 0.277 e. The average Bonchev–Trinajstić information content (AvgIpc) is 2.91. The number of para-hydroxylation sites is 1. The van der Waals surface area contributed by atoms with E-state index in [0.717, 1.165) is 0 Å². The fourth-order valence-electron chi connectivity index (χ4n) is 3.02. The van der Waals surface area contributed by atoms with Gasteiger partial charge in [0.1, 0.15) is 11.3 Å². The van der Waals surface area contributed by atoms with Gasteiger partial charge in [0.05, 0.1) is 17.6 Å².